The summed E-state index contributed by atoms with van der Waals surface area (Å²) in [7, 11) is 1.58. The quantitative estimate of drug-likeness (QED) is 0.311. The van der Waals surface area contributed by atoms with E-state index < -0.39 is 0 Å². The predicted molar refractivity (Wildman–Crippen MR) is 91.7 cm³/mol. The van der Waals surface area contributed by atoms with Crippen molar-refractivity contribution >= 4 is 29.9 Å². The van der Waals surface area contributed by atoms with E-state index in [0.29, 0.717) is 30.4 Å². The molecule has 0 aliphatic carbocycles. The zero-order valence-corrected chi connectivity index (χ0v) is 14.0. The average molecular weight is 389 g/mol. The number of nitrogens with one attached hydrogen (secondary N) is 2. The summed E-state index contributed by atoms with van der Waals surface area (Å²) in [4.78, 5) is 4.34. The number of aromatic hydroxyl groups is 1. The number of benzene rings is 1. The molecule has 0 fully saturated rings. The minimum Gasteiger partial charge on any atom is -0.508 e. The Morgan fingerprint density at radius 1 is 1.45 bits per heavy atom. The molecule has 0 spiro atoms. The number of phenols is 1. The van der Waals surface area contributed by atoms with Crippen LogP contribution < -0.4 is 15.4 Å². The van der Waals surface area contributed by atoms with Crippen molar-refractivity contribution in [2.24, 2.45) is 4.99 Å². The number of rotatable bonds is 5. The Balaban J connectivity index is 0.00000361. The van der Waals surface area contributed by atoms with Crippen LogP contribution in [0.2, 0.25) is 0 Å². The highest BCUT2D eigenvalue weighted by Gasteiger charge is 2.03. The van der Waals surface area contributed by atoms with Crippen LogP contribution in [0.5, 0.6) is 11.5 Å². The molecule has 0 heterocycles. The van der Waals surface area contributed by atoms with Gasteiger partial charge in [-0.2, -0.15) is 0 Å². The minimum atomic E-state index is 0. The van der Waals surface area contributed by atoms with Crippen molar-refractivity contribution in [3.05, 3.63) is 23.8 Å². The molecule has 1 aromatic carbocycles. The summed E-state index contributed by atoms with van der Waals surface area (Å²) < 4.78 is 5.11. The molecule has 1 rings (SSSR count). The number of ether oxygens (including phenoxy) is 1. The van der Waals surface area contributed by atoms with E-state index in [0.717, 1.165) is 6.54 Å². The average Bonchev–Trinajstić information content (AvgIpc) is 2.43. The molecule has 0 aliphatic rings. The van der Waals surface area contributed by atoms with E-state index >= 15 is 0 Å². The summed E-state index contributed by atoms with van der Waals surface area (Å²) in [5, 5.41) is 15.8. The van der Waals surface area contributed by atoms with Gasteiger partial charge in [0, 0.05) is 12.1 Å². The summed E-state index contributed by atoms with van der Waals surface area (Å²) in [5.41, 5.74) is 0.692. The van der Waals surface area contributed by atoms with Crippen LogP contribution in [0.3, 0.4) is 0 Å². The van der Waals surface area contributed by atoms with Gasteiger partial charge in [-0.1, -0.05) is 5.92 Å². The van der Waals surface area contributed by atoms with Gasteiger partial charge in [-0.3, -0.25) is 0 Å². The van der Waals surface area contributed by atoms with E-state index in [9.17, 15) is 5.11 Å². The first-order chi connectivity index (χ1) is 9.21. The first kappa shape index (κ1) is 18.4. The van der Waals surface area contributed by atoms with E-state index in [4.69, 9.17) is 11.2 Å². The molecule has 1 aromatic rings. The van der Waals surface area contributed by atoms with Crippen LogP contribution in [-0.2, 0) is 6.54 Å². The van der Waals surface area contributed by atoms with Crippen molar-refractivity contribution in [2.45, 2.75) is 13.5 Å². The van der Waals surface area contributed by atoms with Crippen molar-refractivity contribution in [3.63, 3.8) is 0 Å². The number of methoxy groups -OCH3 is 1. The van der Waals surface area contributed by atoms with Crippen LogP contribution in [0, 0.1) is 12.3 Å². The second-order valence-corrected chi connectivity index (χ2v) is 3.75. The van der Waals surface area contributed by atoms with Crippen molar-refractivity contribution in [1.29, 1.82) is 0 Å². The lowest BCUT2D eigenvalue weighted by Gasteiger charge is -2.10. The van der Waals surface area contributed by atoms with Crippen LogP contribution in [0.4, 0.5) is 0 Å². The Labute approximate surface area is 136 Å². The minimum absolute atomic E-state index is 0. The third kappa shape index (κ3) is 6.02. The van der Waals surface area contributed by atoms with Gasteiger partial charge in [-0.15, -0.1) is 30.4 Å². The molecular formula is C14H20IN3O2. The van der Waals surface area contributed by atoms with Gasteiger partial charge in [0.15, 0.2) is 5.96 Å². The maximum atomic E-state index is 9.75. The number of guanidine groups is 1. The Morgan fingerprint density at radius 3 is 2.80 bits per heavy atom. The van der Waals surface area contributed by atoms with Gasteiger partial charge in [0.1, 0.15) is 11.5 Å². The molecule has 3 N–H and O–H groups in total. The first-order valence-electron chi connectivity index (χ1n) is 6.02. The van der Waals surface area contributed by atoms with E-state index in [1.54, 1.807) is 25.3 Å². The van der Waals surface area contributed by atoms with Crippen LogP contribution in [0.15, 0.2) is 23.2 Å². The van der Waals surface area contributed by atoms with Gasteiger partial charge < -0.3 is 20.5 Å². The van der Waals surface area contributed by atoms with Crippen molar-refractivity contribution < 1.29 is 9.84 Å². The van der Waals surface area contributed by atoms with Crippen molar-refractivity contribution in [2.75, 3.05) is 20.2 Å². The van der Waals surface area contributed by atoms with Crippen molar-refractivity contribution in [3.8, 4) is 23.8 Å². The van der Waals surface area contributed by atoms with Gasteiger partial charge >= 0.3 is 0 Å². The standard InChI is InChI=1S/C14H19N3O2.HI/c1-4-8-16-14(15-5-2)17-10-11-9-12(19-3)6-7-13(11)18;/h1,6-7,9,18H,5,8,10H2,2-3H3,(H2,15,16,17);1H. The highest BCUT2D eigenvalue weighted by Crippen LogP contribution is 2.23. The molecule has 0 amide bonds. The fourth-order valence-corrected chi connectivity index (χ4v) is 1.46. The third-order valence-electron chi connectivity index (χ3n) is 2.40. The van der Waals surface area contributed by atoms with Gasteiger partial charge in [-0.25, -0.2) is 4.99 Å². The summed E-state index contributed by atoms with van der Waals surface area (Å²) >= 11 is 0. The Bertz CT molecular complexity index is 484. The molecule has 0 saturated heterocycles. The molecule has 0 atom stereocenters. The van der Waals surface area contributed by atoms with Crippen molar-refractivity contribution in [1.82, 2.24) is 10.6 Å². The lowest BCUT2D eigenvalue weighted by atomic mass is 10.2. The van der Waals surface area contributed by atoms with E-state index in [1.807, 2.05) is 6.92 Å². The molecule has 0 unspecified atom stereocenters. The zero-order chi connectivity index (χ0) is 14.1. The Kier molecular flexibility index (Phi) is 9.38. The van der Waals surface area contributed by atoms with Gasteiger partial charge in [-0.05, 0) is 25.1 Å². The van der Waals surface area contributed by atoms with Gasteiger partial charge in [0.2, 0.25) is 0 Å². The molecule has 0 aliphatic heterocycles. The van der Waals surface area contributed by atoms with Crippen LogP contribution in [-0.4, -0.2) is 31.3 Å². The molecular weight excluding hydrogens is 369 g/mol. The Hall–Kier alpha value is -1.62. The predicted octanol–water partition coefficient (Wildman–Crippen LogP) is 1.71. The number of phenolic OH excluding ortho intramolecular Hbond substituents is 1. The monoisotopic (exact) mass is 389 g/mol. The molecule has 20 heavy (non-hydrogen) atoms. The maximum Gasteiger partial charge on any atom is 0.192 e. The molecule has 110 valence electrons. The molecule has 0 saturated carbocycles. The fraction of sp³-hybridized carbons (Fsp3) is 0.357. The topological polar surface area (TPSA) is 65.9 Å². The molecule has 0 bridgehead atoms. The van der Waals surface area contributed by atoms with E-state index in [2.05, 4.69) is 21.5 Å². The number of halogens is 1. The highest BCUT2D eigenvalue weighted by atomic mass is 127. The number of hydrogen-bond acceptors (Lipinski definition) is 3. The molecule has 0 radical (unpaired) electrons. The smallest absolute Gasteiger partial charge is 0.192 e. The lowest BCUT2D eigenvalue weighted by molar-refractivity contribution is 0.411. The van der Waals surface area contributed by atoms with E-state index in [-0.39, 0.29) is 29.7 Å². The SMILES string of the molecule is C#CCNC(=NCc1cc(OC)ccc1O)NCC.I. The lowest BCUT2D eigenvalue weighted by Crippen LogP contribution is -2.37. The summed E-state index contributed by atoms with van der Waals surface area (Å²) in [6.45, 7) is 3.44. The summed E-state index contributed by atoms with van der Waals surface area (Å²) in [5.74, 6) is 3.97. The largest absolute Gasteiger partial charge is 0.508 e. The van der Waals surface area contributed by atoms with Crippen LogP contribution in [0.25, 0.3) is 0 Å². The number of terminal acetylenes is 1. The fourth-order valence-electron chi connectivity index (χ4n) is 1.46. The second-order valence-electron chi connectivity index (χ2n) is 3.75. The van der Waals surface area contributed by atoms with Crippen LogP contribution >= 0.6 is 24.0 Å². The Morgan fingerprint density at radius 2 is 2.20 bits per heavy atom. The normalized spacial score (nSPS) is 10.2. The van der Waals surface area contributed by atoms with Crippen LogP contribution in [0.1, 0.15) is 12.5 Å². The maximum absolute atomic E-state index is 9.75. The second kappa shape index (κ2) is 10.2. The first-order valence-corrected chi connectivity index (χ1v) is 6.02. The molecule has 5 nitrogen and oxygen atoms in total. The van der Waals surface area contributed by atoms with Gasteiger partial charge in [0.25, 0.3) is 0 Å². The highest BCUT2D eigenvalue weighted by molar-refractivity contribution is 14.0. The zero-order valence-electron chi connectivity index (χ0n) is 11.6. The number of aliphatic imine (C=N–C) groups is 1. The molecule has 0 aromatic heterocycles. The molecule has 6 heteroatoms. The summed E-state index contributed by atoms with van der Waals surface area (Å²) in [6, 6.07) is 5.04. The van der Waals surface area contributed by atoms with Gasteiger partial charge in [0.05, 0.1) is 20.2 Å². The number of hydrogen-bond donors (Lipinski definition) is 3. The van der Waals surface area contributed by atoms with E-state index in [1.165, 1.54) is 0 Å². The summed E-state index contributed by atoms with van der Waals surface area (Å²) in [6.07, 6.45) is 5.19. The third-order valence-corrected chi connectivity index (χ3v) is 2.40. The number of nitrogens with zero attached hydrogens (tertiary/aromatic N) is 1.